The molecule has 2 aromatic carbocycles. The molecule has 2 rings (SSSR count). The molecule has 13 heavy (non-hydrogen) atoms. The standard InChI is InChI=1S/C13H13/c1-10-7-11(2)9-13(8-10)12-5-3-4-6-12/h3-9H,1-2H3/q-1. The van der Waals surface area contributed by atoms with Gasteiger partial charge in [0.05, 0.1) is 0 Å². The third-order valence-corrected chi connectivity index (χ3v) is 2.22. The molecule has 0 radical (unpaired) electrons. The predicted octanol–water partition coefficient (Wildman–Crippen LogP) is 3.69. The summed E-state index contributed by atoms with van der Waals surface area (Å²) in [5, 5.41) is 0. The van der Waals surface area contributed by atoms with Crippen LogP contribution in [0.3, 0.4) is 0 Å². The zero-order valence-electron chi connectivity index (χ0n) is 8.04. The second-order valence-electron chi connectivity index (χ2n) is 3.55. The SMILES string of the molecule is Cc1cc(C)cc(-c2cc[cH-]c2)c1. The van der Waals surface area contributed by atoms with Crippen LogP contribution in [-0.2, 0) is 0 Å². The zero-order valence-corrected chi connectivity index (χ0v) is 8.04. The van der Waals surface area contributed by atoms with Gasteiger partial charge in [-0.1, -0.05) is 34.9 Å². The Hall–Kier alpha value is -1.43. The van der Waals surface area contributed by atoms with Crippen molar-refractivity contribution in [2.45, 2.75) is 13.8 Å². The van der Waals surface area contributed by atoms with Crippen LogP contribution in [-0.4, -0.2) is 0 Å². The summed E-state index contributed by atoms with van der Waals surface area (Å²) in [5.74, 6) is 0. The fraction of sp³-hybridized carbons (Fsp3) is 0.154. The average Bonchev–Trinajstić information content (AvgIpc) is 2.53. The Bertz CT molecular complexity index is 374. The molecule has 0 aliphatic rings. The summed E-state index contributed by atoms with van der Waals surface area (Å²) in [4.78, 5) is 0. The Labute approximate surface area is 79.2 Å². The summed E-state index contributed by atoms with van der Waals surface area (Å²) in [5.41, 5.74) is 5.29. The summed E-state index contributed by atoms with van der Waals surface area (Å²) in [6.45, 7) is 4.28. The number of hydrogen-bond acceptors (Lipinski definition) is 0. The van der Waals surface area contributed by atoms with Gasteiger partial charge in [-0.15, -0.1) is 0 Å². The molecule has 66 valence electrons. The van der Waals surface area contributed by atoms with E-state index in [0.29, 0.717) is 0 Å². The molecular formula is C13H13-. The first-order valence-electron chi connectivity index (χ1n) is 4.56. The van der Waals surface area contributed by atoms with Gasteiger partial charge in [-0.3, -0.25) is 0 Å². The number of rotatable bonds is 1. The van der Waals surface area contributed by atoms with E-state index in [0.717, 1.165) is 0 Å². The van der Waals surface area contributed by atoms with Crippen LogP contribution in [0, 0.1) is 13.8 Å². The van der Waals surface area contributed by atoms with Crippen LogP contribution >= 0.6 is 0 Å². The summed E-state index contributed by atoms with van der Waals surface area (Å²) in [6, 6.07) is 15.1. The highest BCUT2D eigenvalue weighted by molar-refractivity contribution is 5.65. The van der Waals surface area contributed by atoms with Crippen molar-refractivity contribution in [2.24, 2.45) is 0 Å². The third-order valence-electron chi connectivity index (χ3n) is 2.22. The van der Waals surface area contributed by atoms with Gasteiger partial charge in [0.15, 0.2) is 0 Å². The maximum absolute atomic E-state index is 2.22. The van der Waals surface area contributed by atoms with E-state index in [1.54, 1.807) is 0 Å². The fourth-order valence-electron chi connectivity index (χ4n) is 1.71. The maximum Gasteiger partial charge on any atom is -0.0398 e. The highest BCUT2D eigenvalue weighted by Gasteiger charge is 1.92. The van der Waals surface area contributed by atoms with Crippen LogP contribution in [0.15, 0.2) is 42.5 Å². The van der Waals surface area contributed by atoms with Crippen molar-refractivity contribution >= 4 is 0 Å². The molecule has 0 saturated carbocycles. The van der Waals surface area contributed by atoms with E-state index in [1.807, 2.05) is 0 Å². The normalized spacial score (nSPS) is 10.3. The molecule has 0 aromatic heterocycles. The number of hydrogen-bond donors (Lipinski definition) is 0. The van der Waals surface area contributed by atoms with Crippen molar-refractivity contribution in [3.63, 3.8) is 0 Å². The van der Waals surface area contributed by atoms with Crippen LogP contribution < -0.4 is 0 Å². The molecule has 0 spiro atoms. The molecule has 0 N–H and O–H groups in total. The molecule has 0 heteroatoms. The van der Waals surface area contributed by atoms with Gasteiger partial charge in [-0.2, -0.15) is 23.8 Å². The molecule has 0 heterocycles. The lowest BCUT2D eigenvalue weighted by Gasteiger charge is -2.07. The van der Waals surface area contributed by atoms with Crippen molar-refractivity contribution < 1.29 is 0 Å². The van der Waals surface area contributed by atoms with E-state index in [-0.39, 0.29) is 0 Å². The van der Waals surface area contributed by atoms with Gasteiger partial charge in [0, 0.05) is 0 Å². The summed E-state index contributed by atoms with van der Waals surface area (Å²) in [7, 11) is 0. The Morgan fingerprint density at radius 3 is 2.15 bits per heavy atom. The van der Waals surface area contributed by atoms with Crippen LogP contribution in [0.1, 0.15) is 11.1 Å². The number of benzene rings is 1. The van der Waals surface area contributed by atoms with Crippen molar-refractivity contribution in [3.8, 4) is 11.1 Å². The second-order valence-corrected chi connectivity index (χ2v) is 3.55. The van der Waals surface area contributed by atoms with Gasteiger partial charge in [-0.05, 0) is 13.8 Å². The molecule has 0 bridgehead atoms. The minimum Gasteiger partial charge on any atom is -0.206 e. The van der Waals surface area contributed by atoms with E-state index >= 15 is 0 Å². The van der Waals surface area contributed by atoms with Gasteiger partial charge in [-0.25, -0.2) is 6.07 Å². The Morgan fingerprint density at radius 2 is 1.62 bits per heavy atom. The molecule has 0 fully saturated rings. The van der Waals surface area contributed by atoms with Gasteiger partial charge in [0.1, 0.15) is 0 Å². The van der Waals surface area contributed by atoms with Crippen molar-refractivity contribution in [1.29, 1.82) is 0 Å². The lowest BCUT2D eigenvalue weighted by Crippen LogP contribution is -1.80. The maximum atomic E-state index is 2.22. The average molecular weight is 169 g/mol. The summed E-state index contributed by atoms with van der Waals surface area (Å²) < 4.78 is 0. The summed E-state index contributed by atoms with van der Waals surface area (Å²) in [6.07, 6.45) is 0. The lowest BCUT2D eigenvalue weighted by molar-refractivity contribution is 1.39. The molecule has 0 nitrogen and oxygen atoms in total. The molecule has 0 saturated heterocycles. The molecule has 2 aromatic rings. The predicted molar refractivity (Wildman–Crippen MR) is 56.9 cm³/mol. The molecule has 0 aliphatic carbocycles. The van der Waals surface area contributed by atoms with Crippen molar-refractivity contribution in [1.82, 2.24) is 0 Å². The van der Waals surface area contributed by atoms with Crippen molar-refractivity contribution in [3.05, 3.63) is 53.6 Å². The van der Waals surface area contributed by atoms with E-state index in [1.165, 1.54) is 22.3 Å². The Morgan fingerprint density at radius 1 is 0.923 bits per heavy atom. The van der Waals surface area contributed by atoms with Gasteiger partial charge in [0.2, 0.25) is 0 Å². The van der Waals surface area contributed by atoms with E-state index in [9.17, 15) is 0 Å². The quantitative estimate of drug-likeness (QED) is 0.571. The van der Waals surface area contributed by atoms with E-state index in [2.05, 4.69) is 56.3 Å². The van der Waals surface area contributed by atoms with E-state index < -0.39 is 0 Å². The first-order valence-corrected chi connectivity index (χ1v) is 4.56. The third kappa shape index (κ3) is 1.67. The van der Waals surface area contributed by atoms with E-state index in [4.69, 9.17) is 0 Å². The second kappa shape index (κ2) is 3.14. The van der Waals surface area contributed by atoms with Crippen molar-refractivity contribution in [2.75, 3.05) is 0 Å². The minimum atomic E-state index is 1.31. The molecular weight excluding hydrogens is 156 g/mol. The first-order chi connectivity index (χ1) is 6.25. The van der Waals surface area contributed by atoms with Gasteiger partial charge in [0.25, 0.3) is 0 Å². The first kappa shape index (κ1) is 8.18. The van der Waals surface area contributed by atoms with Crippen LogP contribution in [0.5, 0.6) is 0 Å². The largest absolute Gasteiger partial charge is 0.206 e. The smallest absolute Gasteiger partial charge is 0.0398 e. The fourth-order valence-corrected chi connectivity index (χ4v) is 1.71. The van der Waals surface area contributed by atoms with Crippen LogP contribution in [0.4, 0.5) is 0 Å². The molecule has 0 atom stereocenters. The van der Waals surface area contributed by atoms with Crippen LogP contribution in [0.25, 0.3) is 11.1 Å². The molecule has 0 unspecified atom stereocenters. The van der Waals surface area contributed by atoms with Crippen LogP contribution in [0.2, 0.25) is 0 Å². The minimum absolute atomic E-state index is 1.31. The Kier molecular flexibility index (Phi) is 1.97. The number of aryl methyl sites for hydroxylation is 2. The zero-order chi connectivity index (χ0) is 9.26. The van der Waals surface area contributed by atoms with Gasteiger partial charge < -0.3 is 0 Å². The lowest BCUT2D eigenvalue weighted by atomic mass is 10.0. The monoisotopic (exact) mass is 169 g/mol. The highest BCUT2D eigenvalue weighted by atomic mass is 14.0. The molecule has 0 aliphatic heterocycles. The summed E-state index contributed by atoms with van der Waals surface area (Å²) >= 11 is 0. The van der Waals surface area contributed by atoms with Gasteiger partial charge >= 0.3 is 0 Å². The molecule has 0 amide bonds. The topological polar surface area (TPSA) is 0 Å². The Balaban J connectivity index is 2.53. The highest BCUT2D eigenvalue weighted by Crippen LogP contribution is 2.22.